The fraction of sp³-hybridized carbons (Fsp3) is 0.133. The van der Waals surface area contributed by atoms with Crippen molar-refractivity contribution in [2.75, 3.05) is 5.73 Å². The molecule has 2 aromatic rings. The van der Waals surface area contributed by atoms with Gasteiger partial charge in [0.15, 0.2) is 0 Å². The summed E-state index contributed by atoms with van der Waals surface area (Å²) in [6.07, 6.45) is 0.945. The first-order valence-corrected chi connectivity index (χ1v) is 5.63. The maximum atomic E-state index is 8.77. The number of nitrogens with zero attached hydrogens (tertiary/aromatic N) is 1. The molecule has 0 heterocycles. The molecule has 0 aromatic heterocycles. The molecule has 0 spiro atoms. The molecule has 0 aliphatic carbocycles. The molecule has 0 atom stereocenters. The van der Waals surface area contributed by atoms with E-state index in [0.29, 0.717) is 5.56 Å². The molecular weight excluding hydrogens is 208 g/mol. The number of rotatable bonds is 2. The van der Waals surface area contributed by atoms with Crippen LogP contribution in [0.3, 0.4) is 0 Å². The zero-order valence-electron chi connectivity index (χ0n) is 9.77. The van der Waals surface area contributed by atoms with Gasteiger partial charge in [-0.15, -0.1) is 0 Å². The van der Waals surface area contributed by atoms with Gasteiger partial charge in [-0.05, 0) is 47.4 Å². The molecule has 0 fully saturated rings. The topological polar surface area (TPSA) is 49.8 Å². The van der Waals surface area contributed by atoms with E-state index in [0.717, 1.165) is 17.7 Å². The van der Waals surface area contributed by atoms with Gasteiger partial charge in [0.1, 0.15) is 0 Å². The van der Waals surface area contributed by atoms with Gasteiger partial charge in [0.2, 0.25) is 0 Å². The van der Waals surface area contributed by atoms with Crippen molar-refractivity contribution in [3.8, 4) is 17.2 Å². The molecular formula is C15H14N2. The average Bonchev–Trinajstić information content (AvgIpc) is 2.39. The van der Waals surface area contributed by atoms with Gasteiger partial charge in [-0.1, -0.05) is 25.1 Å². The van der Waals surface area contributed by atoms with Crippen molar-refractivity contribution in [3.63, 3.8) is 0 Å². The number of nitrogens with two attached hydrogens (primary N) is 1. The number of anilines is 1. The van der Waals surface area contributed by atoms with Crippen LogP contribution in [0.1, 0.15) is 18.1 Å². The number of hydrogen-bond acceptors (Lipinski definition) is 2. The Balaban J connectivity index is 2.49. The molecule has 0 amide bonds. The zero-order chi connectivity index (χ0) is 12.3. The molecule has 0 unspecified atom stereocenters. The first kappa shape index (κ1) is 11.2. The lowest BCUT2D eigenvalue weighted by atomic mass is 9.97. The molecule has 2 nitrogen and oxygen atoms in total. The Morgan fingerprint density at radius 2 is 1.82 bits per heavy atom. The highest BCUT2D eigenvalue weighted by Crippen LogP contribution is 2.26. The maximum absolute atomic E-state index is 8.77. The Bertz CT molecular complexity index is 562. The minimum Gasteiger partial charge on any atom is -0.399 e. The molecule has 0 saturated heterocycles. The Morgan fingerprint density at radius 3 is 2.41 bits per heavy atom. The van der Waals surface area contributed by atoms with Crippen LogP contribution >= 0.6 is 0 Å². The van der Waals surface area contributed by atoms with Crippen LogP contribution in [-0.4, -0.2) is 0 Å². The van der Waals surface area contributed by atoms with Gasteiger partial charge in [-0.2, -0.15) is 5.26 Å². The highest BCUT2D eigenvalue weighted by atomic mass is 14.5. The summed E-state index contributed by atoms with van der Waals surface area (Å²) in [7, 11) is 0. The minimum atomic E-state index is 0.683. The summed E-state index contributed by atoms with van der Waals surface area (Å²) in [5.41, 5.74) is 10.8. The first-order valence-electron chi connectivity index (χ1n) is 5.63. The third kappa shape index (κ3) is 2.29. The van der Waals surface area contributed by atoms with Crippen LogP contribution in [0.25, 0.3) is 11.1 Å². The SMILES string of the molecule is CCc1cc(N)ccc1-c1ccc(C#N)cc1. The van der Waals surface area contributed by atoms with E-state index in [1.54, 1.807) is 0 Å². The van der Waals surface area contributed by atoms with Gasteiger partial charge in [-0.25, -0.2) is 0 Å². The Morgan fingerprint density at radius 1 is 1.12 bits per heavy atom. The van der Waals surface area contributed by atoms with Gasteiger partial charge in [0.05, 0.1) is 11.6 Å². The predicted octanol–water partition coefficient (Wildman–Crippen LogP) is 3.37. The van der Waals surface area contributed by atoms with Crippen molar-refractivity contribution in [2.45, 2.75) is 13.3 Å². The van der Waals surface area contributed by atoms with E-state index in [4.69, 9.17) is 11.0 Å². The molecule has 0 bridgehead atoms. The molecule has 2 rings (SSSR count). The number of hydrogen-bond donors (Lipinski definition) is 1. The maximum Gasteiger partial charge on any atom is 0.0991 e. The molecule has 84 valence electrons. The third-order valence-electron chi connectivity index (χ3n) is 2.84. The summed E-state index contributed by atoms with van der Waals surface area (Å²) in [6.45, 7) is 2.11. The molecule has 0 aliphatic rings. The largest absolute Gasteiger partial charge is 0.399 e. The molecule has 0 radical (unpaired) electrons. The summed E-state index contributed by atoms with van der Waals surface area (Å²) in [5.74, 6) is 0. The number of benzene rings is 2. The van der Waals surface area contributed by atoms with Crippen molar-refractivity contribution in [3.05, 3.63) is 53.6 Å². The van der Waals surface area contributed by atoms with E-state index < -0.39 is 0 Å². The molecule has 2 N–H and O–H groups in total. The Labute approximate surface area is 101 Å². The van der Waals surface area contributed by atoms with Crippen molar-refractivity contribution in [1.29, 1.82) is 5.26 Å². The fourth-order valence-electron chi connectivity index (χ4n) is 1.91. The fourth-order valence-corrected chi connectivity index (χ4v) is 1.91. The molecule has 2 heteroatoms. The van der Waals surface area contributed by atoms with E-state index >= 15 is 0 Å². The molecule has 2 aromatic carbocycles. The predicted molar refractivity (Wildman–Crippen MR) is 70.4 cm³/mol. The van der Waals surface area contributed by atoms with E-state index in [2.05, 4.69) is 13.0 Å². The van der Waals surface area contributed by atoms with E-state index in [-0.39, 0.29) is 0 Å². The second kappa shape index (κ2) is 4.71. The van der Waals surface area contributed by atoms with Crippen LogP contribution in [-0.2, 0) is 6.42 Å². The lowest BCUT2D eigenvalue weighted by molar-refractivity contribution is 1.14. The third-order valence-corrected chi connectivity index (χ3v) is 2.84. The highest BCUT2D eigenvalue weighted by molar-refractivity contribution is 5.70. The minimum absolute atomic E-state index is 0.683. The second-order valence-corrected chi connectivity index (χ2v) is 3.96. The van der Waals surface area contributed by atoms with Gasteiger partial charge in [0.25, 0.3) is 0 Å². The monoisotopic (exact) mass is 222 g/mol. The molecule has 17 heavy (non-hydrogen) atoms. The van der Waals surface area contributed by atoms with Gasteiger partial charge >= 0.3 is 0 Å². The second-order valence-electron chi connectivity index (χ2n) is 3.96. The van der Waals surface area contributed by atoms with Crippen LogP contribution in [0, 0.1) is 11.3 Å². The standard InChI is InChI=1S/C15H14N2/c1-2-12-9-14(17)7-8-15(12)13-5-3-11(10-16)4-6-13/h3-9H,2,17H2,1H3. The summed E-state index contributed by atoms with van der Waals surface area (Å²) < 4.78 is 0. The molecule has 0 aliphatic heterocycles. The van der Waals surface area contributed by atoms with Gasteiger partial charge < -0.3 is 5.73 Å². The number of aryl methyl sites for hydroxylation is 1. The molecule has 0 saturated carbocycles. The van der Waals surface area contributed by atoms with Crippen molar-refractivity contribution in [1.82, 2.24) is 0 Å². The van der Waals surface area contributed by atoms with E-state index in [9.17, 15) is 0 Å². The van der Waals surface area contributed by atoms with Crippen LogP contribution in [0.4, 0.5) is 5.69 Å². The van der Waals surface area contributed by atoms with E-state index in [1.807, 2.05) is 42.5 Å². The summed E-state index contributed by atoms with van der Waals surface area (Å²) in [6, 6.07) is 15.7. The lowest BCUT2D eigenvalue weighted by Crippen LogP contribution is -1.91. The summed E-state index contributed by atoms with van der Waals surface area (Å²) >= 11 is 0. The highest BCUT2D eigenvalue weighted by Gasteiger charge is 2.04. The smallest absolute Gasteiger partial charge is 0.0991 e. The van der Waals surface area contributed by atoms with Crippen LogP contribution in [0.2, 0.25) is 0 Å². The van der Waals surface area contributed by atoms with Crippen LogP contribution in [0.5, 0.6) is 0 Å². The lowest BCUT2D eigenvalue weighted by Gasteiger charge is -2.09. The van der Waals surface area contributed by atoms with Crippen molar-refractivity contribution in [2.24, 2.45) is 0 Å². The Hall–Kier alpha value is -2.27. The van der Waals surface area contributed by atoms with Crippen LogP contribution < -0.4 is 5.73 Å². The number of nitriles is 1. The Kier molecular flexibility index (Phi) is 3.11. The summed E-state index contributed by atoms with van der Waals surface area (Å²) in [5, 5.41) is 8.77. The zero-order valence-corrected chi connectivity index (χ0v) is 9.77. The quantitative estimate of drug-likeness (QED) is 0.792. The number of nitrogen functional groups attached to an aromatic ring is 1. The first-order chi connectivity index (χ1) is 8.24. The average molecular weight is 222 g/mol. The van der Waals surface area contributed by atoms with Gasteiger partial charge in [0, 0.05) is 5.69 Å². The normalized spacial score (nSPS) is 9.88. The van der Waals surface area contributed by atoms with Gasteiger partial charge in [-0.3, -0.25) is 0 Å². The van der Waals surface area contributed by atoms with Crippen molar-refractivity contribution >= 4 is 5.69 Å². The van der Waals surface area contributed by atoms with Crippen LogP contribution in [0.15, 0.2) is 42.5 Å². The summed E-state index contributed by atoms with van der Waals surface area (Å²) in [4.78, 5) is 0. The van der Waals surface area contributed by atoms with Crippen molar-refractivity contribution < 1.29 is 0 Å². The van der Waals surface area contributed by atoms with E-state index in [1.165, 1.54) is 11.1 Å².